The first kappa shape index (κ1) is 14.5. The van der Waals surface area contributed by atoms with E-state index in [4.69, 9.17) is 4.74 Å². The van der Waals surface area contributed by atoms with Crippen molar-refractivity contribution in [1.82, 2.24) is 4.90 Å². The summed E-state index contributed by atoms with van der Waals surface area (Å²) in [5, 5.41) is 0. The maximum Gasteiger partial charge on any atom is 0.308 e. The minimum atomic E-state index is -0.385. The molecule has 1 aromatic carbocycles. The largest absolute Gasteiger partial charge is 0.426 e. The SMILES string of the molecule is CC(=O)Oc1ccccc1/C=C1\N=C2CCCCCN2C1=O. The Hall–Kier alpha value is -2.43. The van der Waals surface area contributed by atoms with E-state index in [0.717, 1.165) is 38.1 Å². The highest BCUT2D eigenvalue weighted by Crippen LogP contribution is 2.27. The summed E-state index contributed by atoms with van der Waals surface area (Å²) in [5.41, 5.74) is 1.10. The van der Waals surface area contributed by atoms with Crippen molar-refractivity contribution in [3.05, 3.63) is 35.5 Å². The van der Waals surface area contributed by atoms with Crippen LogP contribution in [0.1, 0.15) is 38.2 Å². The maximum absolute atomic E-state index is 12.5. The molecule has 2 aliphatic rings. The summed E-state index contributed by atoms with van der Waals surface area (Å²) in [4.78, 5) is 29.9. The summed E-state index contributed by atoms with van der Waals surface area (Å²) in [6.07, 6.45) is 5.76. The van der Waals surface area contributed by atoms with Crippen LogP contribution in [0.15, 0.2) is 35.0 Å². The monoisotopic (exact) mass is 298 g/mol. The van der Waals surface area contributed by atoms with Crippen molar-refractivity contribution in [2.24, 2.45) is 4.99 Å². The fourth-order valence-electron chi connectivity index (χ4n) is 2.74. The Labute approximate surface area is 129 Å². The molecule has 1 amide bonds. The van der Waals surface area contributed by atoms with Gasteiger partial charge in [0.25, 0.3) is 5.91 Å². The number of hydrogen-bond acceptors (Lipinski definition) is 4. The molecule has 0 aliphatic carbocycles. The Morgan fingerprint density at radius 2 is 2.09 bits per heavy atom. The summed E-state index contributed by atoms with van der Waals surface area (Å²) >= 11 is 0. The van der Waals surface area contributed by atoms with Gasteiger partial charge in [-0.1, -0.05) is 24.6 Å². The third kappa shape index (κ3) is 2.93. The number of benzene rings is 1. The third-order valence-electron chi connectivity index (χ3n) is 3.77. The Balaban J connectivity index is 1.93. The van der Waals surface area contributed by atoms with Crippen molar-refractivity contribution in [3.8, 4) is 5.75 Å². The van der Waals surface area contributed by atoms with Gasteiger partial charge < -0.3 is 4.74 Å². The van der Waals surface area contributed by atoms with Crippen molar-refractivity contribution in [3.63, 3.8) is 0 Å². The molecule has 0 atom stereocenters. The first-order chi connectivity index (χ1) is 10.6. The number of esters is 1. The highest BCUT2D eigenvalue weighted by atomic mass is 16.5. The molecular weight excluding hydrogens is 280 g/mol. The predicted octanol–water partition coefficient (Wildman–Crippen LogP) is 2.77. The molecule has 0 spiro atoms. The quantitative estimate of drug-likeness (QED) is 0.479. The molecular formula is C17H18N2O3. The summed E-state index contributed by atoms with van der Waals surface area (Å²) < 4.78 is 5.17. The van der Waals surface area contributed by atoms with Gasteiger partial charge in [-0.15, -0.1) is 0 Å². The Bertz CT molecular complexity index is 676. The van der Waals surface area contributed by atoms with E-state index in [1.165, 1.54) is 6.92 Å². The molecule has 1 fully saturated rings. The average Bonchev–Trinajstić information content (AvgIpc) is 2.66. The summed E-state index contributed by atoms with van der Waals surface area (Å²) in [6, 6.07) is 7.14. The number of ether oxygens (including phenoxy) is 1. The number of aliphatic imine (C=N–C) groups is 1. The zero-order chi connectivity index (χ0) is 15.5. The van der Waals surface area contributed by atoms with Gasteiger partial charge in [0.05, 0.1) is 0 Å². The number of nitrogens with zero attached hydrogens (tertiary/aromatic N) is 2. The van der Waals surface area contributed by atoms with Gasteiger partial charge in [-0.3, -0.25) is 14.5 Å². The second kappa shape index (κ2) is 6.13. The van der Waals surface area contributed by atoms with Crippen LogP contribution >= 0.6 is 0 Å². The van der Waals surface area contributed by atoms with E-state index >= 15 is 0 Å². The first-order valence-electron chi connectivity index (χ1n) is 7.54. The lowest BCUT2D eigenvalue weighted by molar-refractivity contribution is -0.131. The zero-order valence-electron chi connectivity index (χ0n) is 12.5. The molecule has 1 aromatic rings. The predicted molar refractivity (Wildman–Crippen MR) is 83.3 cm³/mol. The second-order valence-electron chi connectivity index (χ2n) is 5.46. The van der Waals surface area contributed by atoms with Gasteiger partial charge in [0.15, 0.2) is 0 Å². The third-order valence-corrected chi connectivity index (χ3v) is 3.77. The van der Waals surface area contributed by atoms with Crippen molar-refractivity contribution in [2.75, 3.05) is 6.54 Å². The number of para-hydroxylation sites is 1. The van der Waals surface area contributed by atoms with Crippen LogP contribution in [-0.2, 0) is 9.59 Å². The lowest BCUT2D eigenvalue weighted by Crippen LogP contribution is -2.31. The molecule has 3 rings (SSSR count). The molecule has 5 nitrogen and oxygen atoms in total. The Morgan fingerprint density at radius 1 is 1.27 bits per heavy atom. The van der Waals surface area contributed by atoms with Crippen LogP contribution in [0.5, 0.6) is 5.75 Å². The number of hydrogen-bond donors (Lipinski definition) is 0. The topological polar surface area (TPSA) is 59.0 Å². The number of amides is 1. The molecule has 0 unspecified atom stereocenters. The molecule has 22 heavy (non-hydrogen) atoms. The molecule has 0 saturated carbocycles. The van der Waals surface area contributed by atoms with E-state index in [2.05, 4.69) is 4.99 Å². The van der Waals surface area contributed by atoms with Crippen molar-refractivity contribution < 1.29 is 14.3 Å². The zero-order valence-corrected chi connectivity index (χ0v) is 12.5. The number of carbonyl (C=O) groups is 2. The maximum atomic E-state index is 12.5. The number of fused-ring (bicyclic) bond motifs is 1. The Morgan fingerprint density at radius 3 is 2.91 bits per heavy atom. The number of amidine groups is 1. The summed E-state index contributed by atoms with van der Waals surface area (Å²) in [7, 11) is 0. The van der Waals surface area contributed by atoms with Crippen LogP contribution in [0, 0.1) is 0 Å². The van der Waals surface area contributed by atoms with Crippen LogP contribution in [0.25, 0.3) is 6.08 Å². The molecule has 2 heterocycles. The van der Waals surface area contributed by atoms with E-state index < -0.39 is 0 Å². The van der Waals surface area contributed by atoms with Gasteiger partial charge in [0.2, 0.25) is 0 Å². The summed E-state index contributed by atoms with van der Waals surface area (Å²) in [6.45, 7) is 2.09. The lowest BCUT2D eigenvalue weighted by Gasteiger charge is -2.14. The van der Waals surface area contributed by atoms with Crippen molar-refractivity contribution in [2.45, 2.75) is 32.6 Å². The highest BCUT2D eigenvalue weighted by Gasteiger charge is 2.30. The van der Waals surface area contributed by atoms with E-state index in [9.17, 15) is 9.59 Å². The minimum absolute atomic E-state index is 0.0606. The first-order valence-corrected chi connectivity index (χ1v) is 7.54. The second-order valence-corrected chi connectivity index (χ2v) is 5.46. The van der Waals surface area contributed by atoms with Gasteiger partial charge in [0, 0.05) is 25.5 Å². The van der Waals surface area contributed by atoms with Gasteiger partial charge in [-0.2, -0.15) is 0 Å². The minimum Gasteiger partial charge on any atom is -0.426 e. The Kier molecular flexibility index (Phi) is 4.04. The highest BCUT2D eigenvalue weighted by molar-refractivity contribution is 6.14. The normalized spacial score (nSPS) is 19.7. The van der Waals surface area contributed by atoms with E-state index in [1.54, 1.807) is 23.1 Å². The fraction of sp³-hybridized carbons (Fsp3) is 0.353. The molecule has 0 radical (unpaired) electrons. The molecule has 114 valence electrons. The summed E-state index contributed by atoms with van der Waals surface area (Å²) in [5.74, 6) is 0.856. The smallest absolute Gasteiger partial charge is 0.308 e. The standard InChI is InChI=1S/C17H18N2O3/c1-12(20)22-15-8-5-4-7-13(15)11-14-17(21)19-10-6-2-3-9-16(19)18-14/h4-5,7-8,11H,2-3,6,9-10H2,1H3/b14-11-. The molecule has 0 N–H and O–H groups in total. The van der Waals surface area contributed by atoms with Gasteiger partial charge >= 0.3 is 5.97 Å². The molecule has 2 aliphatic heterocycles. The lowest BCUT2D eigenvalue weighted by atomic mass is 10.1. The fourth-order valence-corrected chi connectivity index (χ4v) is 2.74. The van der Waals surface area contributed by atoms with Crippen LogP contribution in [0.4, 0.5) is 0 Å². The van der Waals surface area contributed by atoms with Gasteiger partial charge in [-0.25, -0.2) is 4.99 Å². The average molecular weight is 298 g/mol. The van der Waals surface area contributed by atoms with Crippen LogP contribution in [0.2, 0.25) is 0 Å². The number of carbonyl (C=O) groups excluding carboxylic acids is 2. The molecule has 5 heteroatoms. The molecule has 1 saturated heterocycles. The van der Waals surface area contributed by atoms with Crippen LogP contribution < -0.4 is 4.74 Å². The van der Waals surface area contributed by atoms with Crippen LogP contribution in [0.3, 0.4) is 0 Å². The number of rotatable bonds is 2. The molecule has 0 bridgehead atoms. The van der Waals surface area contributed by atoms with Gasteiger partial charge in [0.1, 0.15) is 17.3 Å². The molecule has 0 aromatic heterocycles. The van der Waals surface area contributed by atoms with Gasteiger partial charge in [-0.05, 0) is 25.0 Å². The van der Waals surface area contributed by atoms with Crippen LogP contribution in [-0.4, -0.2) is 29.2 Å². The van der Waals surface area contributed by atoms with Crippen molar-refractivity contribution >= 4 is 23.8 Å². The van der Waals surface area contributed by atoms with E-state index in [0.29, 0.717) is 17.0 Å². The van der Waals surface area contributed by atoms with E-state index in [1.807, 2.05) is 12.1 Å². The van der Waals surface area contributed by atoms with E-state index in [-0.39, 0.29) is 11.9 Å². The van der Waals surface area contributed by atoms with Crippen molar-refractivity contribution in [1.29, 1.82) is 0 Å².